The van der Waals surface area contributed by atoms with Crippen LogP contribution in [0.5, 0.6) is 0 Å². The van der Waals surface area contributed by atoms with Crippen LogP contribution in [-0.4, -0.2) is 24.7 Å². The zero-order valence-electron chi connectivity index (χ0n) is 9.92. The van der Waals surface area contributed by atoms with E-state index in [-0.39, 0.29) is 12.0 Å². The van der Waals surface area contributed by atoms with Crippen LogP contribution in [0.4, 0.5) is 0 Å². The first-order valence-corrected chi connectivity index (χ1v) is 6.20. The minimum Gasteiger partial charge on any atom is -0.465 e. The Kier molecular flexibility index (Phi) is 5.69. The molecule has 0 saturated heterocycles. The molecule has 1 aliphatic rings. The SMILES string of the molecule is CCCCCC(NC1CC1)C(=O)OCC. The summed E-state index contributed by atoms with van der Waals surface area (Å²) < 4.78 is 5.06. The van der Waals surface area contributed by atoms with E-state index < -0.39 is 0 Å². The van der Waals surface area contributed by atoms with Crippen molar-refractivity contribution in [3.8, 4) is 0 Å². The molecule has 1 saturated carbocycles. The summed E-state index contributed by atoms with van der Waals surface area (Å²) in [5.74, 6) is -0.0690. The van der Waals surface area contributed by atoms with Crippen molar-refractivity contribution in [3.05, 3.63) is 0 Å². The molecule has 0 aliphatic heterocycles. The second-order valence-corrected chi connectivity index (χ2v) is 4.24. The van der Waals surface area contributed by atoms with Crippen LogP contribution in [0.2, 0.25) is 0 Å². The third kappa shape index (κ3) is 5.17. The van der Waals surface area contributed by atoms with Gasteiger partial charge < -0.3 is 10.1 Å². The van der Waals surface area contributed by atoms with Gasteiger partial charge in [0, 0.05) is 6.04 Å². The van der Waals surface area contributed by atoms with Gasteiger partial charge in [0.1, 0.15) is 6.04 Å². The molecule has 1 atom stereocenters. The van der Waals surface area contributed by atoms with Crippen LogP contribution >= 0.6 is 0 Å². The first-order chi connectivity index (χ1) is 7.27. The Bertz CT molecular complexity index is 190. The lowest BCUT2D eigenvalue weighted by atomic mass is 10.1. The summed E-state index contributed by atoms with van der Waals surface area (Å²) in [5, 5.41) is 3.36. The van der Waals surface area contributed by atoms with Crippen LogP contribution in [0.1, 0.15) is 52.4 Å². The molecule has 88 valence electrons. The summed E-state index contributed by atoms with van der Waals surface area (Å²) in [5.41, 5.74) is 0. The van der Waals surface area contributed by atoms with Gasteiger partial charge in [-0.1, -0.05) is 26.2 Å². The summed E-state index contributed by atoms with van der Waals surface area (Å²) in [6.07, 6.45) is 6.84. The molecule has 15 heavy (non-hydrogen) atoms. The first-order valence-electron chi connectivity index (χ1n) is 6.20. The second-order valence-electron chi connectivity index (χ2n) is 4.24. The summed E-state index contributed by atoms with van der Waals surface area (Å²) in [6.45, 7) is 4.52. The molecule has 0 aromatic carbocycles. The lowest BCUT2D eigenvalue weighted by Gasteiger charge is -2.16. The number of carbonyl (C=O) groups excluding carboxylic acids is 1. The van der Waals surface area contributed by atoms with Crippen molar-refractivity contribution in [2.75, 3.05) is 6.61 Å². The summed E-state index contributed by atoms with van der Waals surface area (Å²) in [4.78, 5) is 11.6. The van der Waals surface area contributed by atoms with E-state index in [2.05, 4.69) is 12.2 Å². The molecule has 0 radical (unpaired) electrons. The second kappa shape index (κ2) is 6.83. The van der Waals surface area contributed by atoms with Gasteiger partial charge in [-0.2, -0.15) is 0 Å². The van der Waals surface area contributed by atoms with E-state index in [9.17, 15) is 4.79 Å². The van der Waals surface area contributed by atoms with Gasteiger partial charge >= 0.3 is 5.97 Å². The molecule has 1 fully saturated rings. The van der Waals surface area contributed by atoms with E-state index in [1.54, 1.807) is 0 Å². The van der Waals surface area contributed by atoms with E-state index in [1.807, 2.05) is 6.92 Å². The number of unbranched alkanes of at least 4 members (excludes halogenated alkanes) is 2. The molecule has 1 aliphatic carbocycles. The number of hydrogen-bond acceptors (Lipinski definition) is 3. The van der Waals surface area contributed by atoms with Crippen LogP contribution in [0.3, 0.4) is 0 Å². The molecule has 0 aromatic heterocycles. The first kappa shape index (κ1) is 12.5. The van der Waals surface area contributed by atoms with Crippen LogP contribution < -0.4 is 5.32 Å². The highest BCUT2D eigenvalue weighted by Gasteiger charge is 2.28. The average molecular weight is 213 g/mol. The van der Waals surface area contributed by atoms with Gasteiger partial charge in [-0.25, -0.2) is 0 Å². The molecule has 1 unspecified atom stereocenters. The Morgan fingerprint density at radius 3 is 2.67 bits per heavy atom. The molecule has 0 heterocycles. The minimum absolute atomic E-state index is 0.0657. The zero-order valence-corrected chi connectivity index (χ0v) is 9.92. The van der Waals surface area contributed by atoms with E-state index in [0.717, 1.165) is 12.8 Å². The van der Waals surface area contributed by atoms with Gasteiger partial charge in [0.05, 0.1) is 6.61 Å². The van der Waals surface area contributed by atoms with Crippen LogP contribution in [-0.2, 0) is 9.53 Å². The molecule has 0 spiro atoms. The highest BCUT2D eigenvalue weighted by Crippen LogP contribution is 2.21. The number of ether oxygens (including phenoxy) is 1. The molecule has 0 bridgehead atoms. The third-order valence-corrected chi connectivity index (χ3v) is 2.68. The Morgan fingerprint density at radius 2 is 2.13 bits per heavy atom. The predicted octanol–water partition coefficient (Wildman–Crippen LogP) is 2.25. The van der Waals surface area contributed by atoms with Gasteiger partial charge in [-0.15, -0.1) is 0 Å². The van der Waals surface area contributed by atoms with Gasteiger partial charge in [0.15, 0.2) is 0 Å². The maximum atomic E-state index is 11.6. The van der Waals surface area contributed by atoms with Crippen molar-refractivity contribution in [3.63, 3.8) is 0 Å². The molecule has 3 heteroatoms. The maximum absolute atomic E-state index is 11.6. The van der Waals surface area contributed by atoms with E-state index in [0.29, 0.717) is 12.6 Å². The van der Waals surface area contributed by atoms with Gasteiger partial charge in [-0.05, 0) is 26.2 Å². The van der Waals surface area contributed by atoms with Crippen LogP contribution in [0, 0.1) is 0 Å². The lowest BCUT2D eigenvalue weighted by Crippen LogP contribution is -2.39. The molecule has 1 rings (SSSR count). The molecule has 0 amide bonds. The largest absolute Gasteiger partial charge is 0.465 e. The van der Waals surface area contributed by atoms with Crippen molar-refractivity contribution < 1.29 is 9.53 Å². The highest BCUT2D eigenvalue weighted by molar-refractivity contribution is 5.75. The quantitative estimate of drug-likeness (QED) is 0.496. The monoisotopic (exact) mass is 213 g/mol. The number of hydrogen-bond donors (Lipinski definition) is 1. The fraction of sp³-hybridized carbons (Fsp3) is 0.917. The van der Waals surface area contributed by atoms with Gasteiger partial charge in [-0.3, -0.25) is 4.79 Å². The Balaban J connectivity index is 2.26. The van der Waals surface area contributed by atoms with Crippen molar-refractivity contribution in [1.29, 1.82) is 0 Å². The number of carbonyl (C=O) groups is 1. The van der Waals surface area contributed by atoms with Crippen molar-refractivity contribution >= 4 is 5.97 Å². The van der Waals surface area contributed by atoms with Crippen molar-refractivity contribution in [2.24, 2.45) is 0 Å². The normalized spacial score (nSPS) is 17.5. The Labute approximate surface area is 92.6 Å². The summed E-state index contributed by atoms with van der Waals surface area (Å²) in [6, 6.07) is 0.505. The predicted molar refractivity (Wildman–Crippen MR) is 60.7 cm³/mol. The minimum atomic E-state index is -0.0690. The number of esters is 1. The number of rotatable bonds is 8. The molecule has 0 aromatic rings. The van der Waals surface area contributed by atoms with Gasteiger partial charge in [0.25, 0.3) is 0 Å². The van der Waals surface area contributed by atoms with Crippen molar-refractivity contribution in [1.82, 2.24) is 5.32 Å². The number of nitrogens with one attached hydrogen (secondary N) is 1. The highest BCUT2D eigenvalue weighted by atomic mass is 16.5. The fourth-order valence-corrected chi connectivity index (χ4v) is 1.65. The fourth-order valence-electron chi connectivity index (χ4n) is 1.65. The van der Waals surface area contributed by atoms with Gasteiger partial charge in [0.2, 0.25) is 0 Å². The smallest absolute Gasteiger partial charge is 0.323 e. The molecule has 3 nitrogen and oxygen atoms in total. The Morgan fingerprint density at radius 1 is 1.40 bits per heavy atom. The van der Waals surface area contributed by atoms with E-state index in [1.165, 1.54) is 25.7 Å². The zero-order chi connectivity index (χ0) is 11.1. The standard InChI is InChI=1S/C12H23NO2/c1-3-5-6-7-11(12(14)15-4-2)13-10-8-9-10/h10-11,13H,3-9H2,1-2H3. The summed E-state index contributed by atoms with van der Waals surface area (Å²) >= 11 is 0. The Hall–Kier alpha value is -0.570. The molecular weight excluding hydrogens is 190 g/mol. The van der Waals surface area contributed by atoms with Crippen molar-refractivity contribution in [2.45, 2.75) is 64.5 Å². The third-order valence-electron chi connectivity index (χ3n) is 2.68. The average Bonchev–Trinajstić information content (AvgIpc) is 3.01. The van der Waals surface area contributed by atoms with Crippen LogP contribution in [0.25, 0.3) is 0 Å². The van der Waals surface area contributed by atoms with E-state index in [4.69, 9.17) is 4.74 Å². The maximum Gasteiger partial charge on any atom is 0.323 e. The topological polar surface area (TPSA) is 38.3 Å². The van der Waals surface area contributed by atoms with E-state index >= 15 is 0 Å². The molecule has 1 N–H and O–H groups in total. The molecular formula is C12H23NO2. The summed E-state index contributed by atoms with van der Waals surface area (Å²) in [7, 11) is 0. The lowest BCUT2D eigenvalue weighted by molar-refractivity contribution is -0.145. The van der Waals surface area contributed by atoms with Crippen LogP contribution in [0.15, 0.2) is 0 Å².